The number of rotatable bonds is 5. The average molecular weight is 252 g/mol. The number of carbonyl (C=O) groups is 1. The van der Waals surface area contributed by atoms with Gasteiger partial charge < -0.3 is 14.2 Å². The van der Waals surface area contributed by atoms with E-state index in [9.17, 15) is 4.79 Å². The topological polar surface area (TPSA) is 51.4 Å². The number of fused-ring (bicyclic) bond motifs is 1. The highest BCUT2D eigenvalue weighted by Crippen LogP contribution is 2.41. The quantitative estimate of drug-likeness (QED) is 0.425. The van der Waals surface area contributed by atoms with Gasteiger partial charge in [-0.2, -0.15) is 0 Å². The standard InChI is InChI=1S/C14H20O4/c1-8(14(15)17-9(2)13-7-16-13)5-10-3-4-11-12(6-10)18-11/h9-13H,1,3-7H2,2H3. The first-order chi connectivity index (χ1) is 8.63. The molecule has 2 aliphatic heterocycles. The molecule has 2 heterocycles. The predicted octanol–water partition coefficient (Wildman–Crippen LogP) is 1.83. The first-order valence-electron chi connectivity index (χ1n) is 6.79. The van der Waals surface area contributed by atoms with Crippen molar-refractivity contribution in [3.63, 3.8) is 0 Å². The van der Waals surface area contributed by atoms with Crippen LogP contribution < -0.4 is 0 Å². The highest BCUT2D eigenvalue weighted by molar-refractivity contribution is 5.87. The Labute approximate surface area is 107 Å². The molecular formula is C14H20O4. The number of esters is 1. The van der Waals surface area contributed by atoms with Crippen molar-refractivity contribution in [1.29, 1.82) is 0 Å². The molecule has 0 aromatic rings. The Morgan fingerprint density at radius 3 is 2.89 bits per heavy atom. The van der Waals surface area contributed by atoms with Crippen molar-refractivity contribution in [2.75, 3.05) is 6.61 Å². The van der Waals surface area contributed by atoms with Crippen molar-refractivity contribution in [3.05, 3.63) is 12.2 Å². The van der Waals surface area contributed by atoms with E-state index in [4.69, 9.17) is 14.2 Å². The van der Waals surface area contributed by atoms with Crippen LogP contribution in [0.2, 0.25) is 0 Å². The summed E-state index contributed by atoms with van der Waals surface area (Å²) in [6, 6.07) is 0. The zero-order valence-electron chi connectivity index (χ0n) is 10.8. The van der Waals surface area contributed by atoms with Gasteiger partial charge in [-0.25, -0.2) is 4.79 Å². The number of epoxide rings is 2. The van der Waals surface area contributed by atoms with Crippen LogP contribution in [0.3, 0.4) is 0 Å². The van der Waals surface area contributed by atoms with Crippen LogP contribution in [0.4, 0.5) is 0 Å². The number of hydrogen-bond acceptors (Lipinski definition) is 4. The second kappa shape index (κ2) is 4.67. The summed E-state index contributed by atoms with van der Waals surface area (Å²) in [5.41, 5.74) is 0.589. The predicted molar refractivity (Wildman–Crippen MR) is 65.1 cm³/mol. The monoisotopic (exact) mass is 252 g/mol. The fraction of sp³-hybridized carbons (Fsp3) is 0.786. The van der Waals surface area contributed by atoms with Crippen LogP contribution >= 0.6 is 0 Å². The first-order valence-corrected chi connectivity index (χ1v) is 6.79. The molecule has 1 saturated carbocycles. The van der Waals surface area contributed by atoms with Crippen LogP contribution in [-0.4, -0.2) is 37.0 Å². The molecule has 18 heavy (non-hydrogen) atoms. The van der Waals surface area contributed by atoms with E-state index in [-0.39, 0.29) is 18.2 Å². The number of carbonyl (C=O) groups excluding carboxylic acids is 1. The maximum Gasteiger partial charge on any atom is 0.333 e. The lowest BCUT2D eigenvalue weighted by Gasteiger charge is -2.20. The Hall–Kier alpha value is -0.870. The smallest absolute Gasteiger partial charge is 0.333 e. The van der Waals surface area contributed by atoms with Gasteiger partial charge in [0.2, 0.25) is 0 Å². The molecule has 0 bridgehead atoms. The zero-order chi connectivity index (χ0) is 12.7. The fourth-order valence-corrected chi connectivity index (χ4v) is 2.76. The van der Waals surface area contributed by atoms with Crippen LogP contribution in [-0.2, 0) is 19.0 Å². The largest absolute Gasteiger partial charge is 0.456 e. The molecule has 100 valence electrons. The summed E-state index contributed by atoms with van der Waals surface area (Å²) in [7, 11) is 0. The lowest BCUT2D eigenvalue weighted by molar-refractivity contribution is -0.144. The first kappa shape index (κ1) is 12.2. The minimum absolute atomic E-state index is 0.0945. The molecular weight excluding hydrogens is 232 g/mol. The Morgan fingerprint density at radius 1 is 1.44 bits per heavy atom. The minimum atomic E-state index is -0.267. The van der Waals surface area contributed by atoms with Crippen molar-refractivity contribution in [2.45, 2.75) is 57.0 Å². The third-order valence-electron chi connectivity index (χ3n) is 4.11. The third-order valence-corrected chi connectivity index (χ3v) is 4.11. The summed E-state index contributed by atoms with van der Waals surface area (Å²) in [6.07, 6.45) is 4.97. The summed E-state index contributed by atoms with van der Waals surface area (Å²) in [5.74, 6) is 0.262. The van der Waals surface area contributed by atoms with E-state index in [2.05, 4.69) is 6.58 Å². The molecule has 0 N–H and O–H groups in total. The van der Waals surface area contributed by atoms with Crippen LogP contribution in [0.15, 0.2) is 12.2 Å². The van der Waals surface area contributed by atoms with Gasteiger partial charge in [0.15, 0.2) is 0 Å². The molecule has 2 saturated heterocycles. The second-order valence-electron chi connectivity index (χ2n) is 5.68. The van der Waals surface area contributed by atoms with Gasteiger partial charge in [0.1, 0.15) is 12.2 Å². The molecule has 5 atom stereocenters. The summed E-state index contributed by atoms with van der Waals surface area (Å²) < 4.78 is 15.9. The van der Waals surface area contributed by atoms with Gasteiger partial charge in [-0.15, -0.1) is 0 Å². The molecule has 4 nitrogen and oxygen atoms in total. The average Bonchev–Trinajstić information content (AvgIpc) is 3.21. The Morgan fingerprint density at radius 2 is 2.22 bits per heavy atom. The second-order valence-corrected chi connectivity index (χ2v) is 5.68. The van der Waals surface area contributed by atoms with Crippen LogP contribution in [0, 0.1) is 5.92 Å². The van der Waals surface area contributed by atoms with Gasteiger partial charge in [0.05, 0.1) is 18.8 Å². The Bertz CT molecular complexity index is 361. The van der Waals surface area contributed by atoms with E-state index in [1.165, 1.54) is 0 Å². The molecule has 3 rings (SSSR count). The maximum absolute atomic E-state index is 11.8. The van der Waals surface area contributed by atoms with E-state index in [0.717, 1.165) is 25.7 Å². The van der Waals surface area contributed by atoms with Crippen molar-refractivity contribution in [3.8, 4) is 0 Å². The van der Waals surface area contributed by atoms with Gasteiger partial charge in [-0.3, -0.25) is 0 Å². The van der Waals surface area contributed by atoms with E-state index in [1.807, 2.05) is 6.92 Å². The highest BCUT2D eigenvalue weighted by Gasteiger charge is 2.44. The lowest BCUT2D eigenvalue weighted by Crippen LogP contribution is -2.23. The summed E-state index contributed by atoms with van der Waals surface area (Å²) in [5, 5.41) is 0. The van der Waals surface area contributed by atoms with Crippen molar-refractivity contribution >= 4 is 5.97 Å². The van der Waals surface area contributed by atoms with Gasteiger partial charge in [-0.05, 0) is 38.5 Å². The number of hydrogen-bond donors (Lipinski definition) is 0. The van der Waals surface area contributed by atoms with E-state index >= 15 is 0 Å². The molecule has 0 radical (unpaired) electrons. The van der Waals surface area contributed by atoms with E-state index in [1.54, 1.807) is 0 Å². The Balaban J connectivity index is 1.43. The summed E-state index contributed by atoms with van der Waals surface area (Å²) in [6.45, 7) is 6.43. The van der Waals surface area contributed by atoms with Gasteiger partial charge in [0.25, 0.3) is 0 Å². The number of ether oxygens (including phenoxy) is 3. The molecule has 4 heteroatoms. The molecule has 0 amide bonds. The highest BCUT2D eigenvalue weighted by atomic mass is 16.6. The van der Waals surface area contributed by atoms with E-state index in [0.29, 0.717) is 30.3 Å². The van der Waals surface area contributed by atoms with Crippen LogP contribution in [0.1, 0.15) is 32.6 Å². The third kappa shape index (κ3) is 2.75. The molecule has 0 aromatic heterocycles. The van der Waals surface area contributed by atoms with Crippen molar-refractivity contribution < 1.29 is 19.0 Å². The SMILES string of the molecule is C=C(CC1CCC2OC2C1)C(=O)OC(C)C1CO1. The molecule has 0 spiro atoms. The van der Waals surface area contributed by atoms with Crippen LogP contribution in [0.25, 0.3) is 0 Å². The maximum atomic E-state index is 11.8. The van der Waals surface area contributed by atoms with Crippen molar-refractivity contribution in [1.82, 2.24) is 0 Å². The van der Waals surface area contributed by atoms with Crippen LogP contribution in [0.5, 0.6) is 0 Å². The van der Waals surface area contributed by atoms with Gasteiger partial charge in [-0.1, -0.05) is 6.58 Å². The van der Waals surface area contributed by atoms with Gasteiger partial charge >= 0.3 is 5.97 Å². The molecule has 0 aromatic carbocycles. The fourth-order valence-electron chi connectivity index (χ4n) is 2.76. The molecule has 3 fully saturated rings. The normalized spacial score (nSPS) is 38.5. The minimum Gasteiger partial charge on any atom is -0.456 e. The van der Waals surface area contributed by atoms with Gasteiger partial charge in [0, 0.05) is 5.57 Å². The lowest BCUT2D eigenvalue weighted by atomic mass is 9.85. The zero-order valence-corrected chi connectivity index (χ0v) is 10.8. The summed E-state index contributed by atoms with van der Waals surface area (Å²) in [4.78, 5) is 11.8. The summed E-state index contributed by atoms with van der Waals surface area (Å²) >= 11 is 0. The molecule has 3 aliphatic rings. The van der Waals surface area contributed by atoms with Crippen molar-refractivity contribution in [2.24, 2.45) is 5.92 Å². The van der Waals surface area contributed by atoms with E-state index < -0.39 is 0 Å². The molecule has 5 unspecified atom stereocenters. The Kier molecular flexibility index (Phi) is 3.16. The molecule has 1 aliphatic carbocycles.